The van der Waals surface area contributed by atoms with Gasteiger partial charge in [-0.2, -0.15) is 0 Å². The maximum Gasteiger partial charge on any atom is 0.333 e. The highest BCUT2D eigenvalue weighted by Crippen LogP contribution is 2.40. The first-order chi connectivity index (χ1) is 15.2. The quantitative estimate of drug-likeness (QED) is 0.367. The lowest BCUT2D eigenvalue weighted by Crippen LogP contribution is -2.38. The Balaban J connectivity index is 2.36. The number of methoxy groups -OCH3 is 1. The van der Waals surface area contributed by atoms with Crippen molar-refractivity contribution in [3.63, 3.8) is 0 Å². The molecule has 32 heavy (non-hydrogen) atoms. The highest BCUT2D eigenvalue weighted by atomic mass is 32.3. The van der Waals surface area contributed by atoms with Crippen molar-refractivity contribution in [1.29, 1.82) is 0 Å². The summed E-state index contributed by atoms with van der Waals surface area (Å²) in [5.74, 6) is -2.30. The van der Waals surface area contributed by atoms with Gasteiger partial charge in [0.15, 0.2) is 24.3 Å². The van der Waals surface area contributed by atoms with Gasteiger partial charge in [0.2, 0.25) is 0 Å². The molecule has 1 atom stereocenters. The lowest BCUT2D eigenvalue weighted by molar-refractivity contribution is -0.136. The fraction of sp³-hybridized carbons (Fsp3) is 0.125. The van der Waals surface area contributed by atoms with Crippen LogP contribution in [-0.4, -0.2) is 34.5 Å². The zero-order chi connectivity index (χ0) is 23.4. The molecule has 0 heterocycles. The number of benzene rings is 3. The molecule has 3 aromatic carbocycles. The van der Waals surface area contributed by atoms with E-state index in [0.717, 1.165) is 7.11 Å². The Bertz CT molecular complexity index is 1230. The van der Waals surface area contributed by atoms with Crippen LogP contribution < -0.4 is 0 Å². The highest BCUT2D eigenvalue weighted by molar-refractivity contribution is 8.09. The van der Waals surface area contributed by atoms with Crippen LogP contribution >= 0.6 is 0 Å². The summed E-state index contributed by atoms with van der Waals surface area (Å²) >= 11 is 0. The third-order valence-corrected chi connectivity index (χ3v) is 10.2. The maximum absolute atomic E-state index is 13.8. The summed E-state index contributed by atoms with van der Waals surface area (Å²) in [6, 6.07) is 22.7. The molecule has 0 aliphatic carbocycles. The molecule has 0 saturated carbocycles. The molecule has 0 aliphatic heterocycles. The molecule has 0 amide bonds. The smallest absolute Gasteiger partial charge is 0.333 e. The number of carbonyl (C=O) groups is 1. The molecule has 166 valence electrons. The van der Waals surface area contributed by atoms with Crippen LogP contribution in [0.2, 0.25) is 0 Å². The van der Waals surface area contributed by atoms with E-state index in [1.807, 2.05) is 0 Å². The van der Waals surface area contributed by atoms with Gasteiger partial charge in [0, 0.05) is 11.5 Å². The molecule has 0 aliphatic rings. The zero-order valence-electron chi connectivity index (χ0n) is 17.3. The largest absolute Gasteiger partial charge is 0.466 e. The van der Waals surface area contributed by atoms with Gasteiger partial charge in [0.05, 0.1) is 16.9 Å². The van der Waals surface area contributed by atoms with Gasteiger partial charge in [0.1, 0.15) is 0 Å². The minimum Gasteiger partial charge on any atom is -0.466 e. The minimum atomic E-state index is -4.50. The first kappa shape index (κ1) is 23.4. The lowest BCUT2D eigenvalue weighted by Gasteiger charge is -2.28. The fourth-order valence-electron chi connectivity index (χ4n) is 3.45. The standard InChI is InChI=1S/C24H22O6S2/c1-18(23(25)30-2)22(19-12-6-3-7-13-19)24(31(26,27)20-14-8-4-9-15-20)32(28,29)21-16-10-5-11-17-21/h3-17,22,24H,1H2,2H3/t22-/m0/s1. The van der Waals surface area contributed by atoms with Crippen LogP contribution in [-0.2, 0) is 29.2 Å². The van der Waals surface area contributed by atoms with Gasteiger partial charge in [-0.3, -0.25) is 0 Å². The number of esters is 1. The van der Waals surface area contributed by atoms with Crippen molar-refractivity contribution in [1.82, 2.24) is 0 Å². The molecule has 6 nitrogen and oxygen atoms in total. The summed E-state index contributed by atoms with van der Waals surface area (Å²) in [5, 5.41) is 0. The summed E-state index contributed by atoms with van der Waals surface area (Å²) in [6.45, 7) is 3.73. The van der Waals surface area contributed by atoms with Crippen LogP contribution in [0.4, 0.5) is 0 Å². The van der Waals surface area contributed by atoms with Gasteiger partial charge >= 0.3 is 5.97 Å². The van der Waals surface area contributed by atoms with Crippen LogP contribution in [0.25, 0.3) is 0 Å². The second kappa shape index (κ2) is 9.50. The molecule has 3 aromatic rings. The highest BCUT2D eigenvalue weighted by Gasteiger charge is 2.48. The fourth-order valence-corrected chi connectivity index (χ4v) is 8.42. The van der Waals surface area contributed by atoms with Gasteiger partial charge in [-0.05, 0) is 29.8 Å². The molecule has 0 unspecified atom stereocenters. The van der Waals surface area contributed by atoms with Gasteiger partial charge in [-0.25, -0.2) is 21.6 Å². The first-order valence-electron chi connectivity index (χ1n) is 9.61. The van der Waals surface area contributed by atoms with E-state index < -0.39 is 36.1 Å². The molecule has 3 rings (SSSR count). The average Bonchev–Trinajstić information content (AvgIpc) is 2.82. The number of ether oxygens (including phenoxy) is 1. The van der Waals surface area contributed by atoms with Crippen LogP contribution in [0.3, 0.4) is 0 Å². The Morgan fingerprint density at radius 2 is 1.09 bits per heavy atom. The number of hydrogen-bond acceptors (Lipinski definition) is 6. The van der Waals surface area contributed by atoms with Gasteiger partial charge in [0.25, 0.3) is 0 Å². The molecule has 0 radical (unpaired) electrons. The van der Waals surface area contributed by atoms with Crippen molar-refractivity contribution in [2.75, 3.05) is 7.11 Å². The van der Waals surface area contributed by atoms with E-state index in [1.54, 1.807) is 42.5 Å². The predicted octanol–water partition coefficient (Wildman–Crippen LogP) is 3.77. The van der Waals surface area contributed by atoms with Gasteiger partial charge in [-0.1, -0.05) is 73.3 Å². The van der Waals surface area contributed by atoms with E-state index in [-0.39, 0.29) is 15.4 Å². The third-order valence-electron chi connectivity index (χ3n) is 5.01. The maximum atomic E-state index is 13.8. The molecule has 0 spiro atoms. The van der Waals surface area contributed by atoms with E-state index in [2.05, 4.69) is 6.58 Å². The topological polar surface area (TPSA) is 94.6 Å². The Kier molecular flexibility index (Phi) is 6.96. The second-order valence-corrected chi connectivity index (χ2v) is 11.4. The molecule has 0 fully saturated rings. The normalized spacial score (nSPS) is 12.8. The van der Waals surface area contributed by atoms with Crippen LogP contribution in [0.1, 0.15) is 11.5 Å². The summed E-state index contributed by atoms with van der Waals surface area (Å²) < 4.78 is 58.0. The molecule has 0 aromatic heterocycles. The Morgan fingerprint density at radius 3 is 1.47 bits per heavy atom. The van der Waals surface area contributed by atoms with Crippen LogP contribution in [0, 0.1) is 0 Å². The number of carbonyl (C=O) groups excluding carboxylic acids is 1. The van der Waals surface area contributed by atoms with Crippen LogP contribution in [0.5, 0.6) is 0 Å². The van der Waals surface area contributed by atoms with Gasteiger partial charge in [-0.15, -0.1) is 0 Å². The van der Waals surface area contributed by atoms with Gasteiger partial charge < -0.3 is 4.74 Å². The van der Waals surface area contributed by atoms with Crippen molar-refractivity contribution in [2.45, 2.75) is 20.3 Å². The van der Waals surface area contributed by atoms with E-state index in [9.17, 15) is 21.6 Å². The summed E-state index contributed by atoms with van der Waals surface area (Å²) in [4.78, 5) is 12.1. The minimum absolute atomic E-state index is 0.178. The van der Waals surface area contributed by atoms with Crippen molar-refractivity contribution in [3.05, 3.63) is 109 Å². The van der Waals surface area contributed by atoms with E-state index in [1.165, 1.54) is 48.5 Å². The molecule has 0 bridgehead atoms. The number of sulfone groups is 2. The lowest BCUT2D eigenvalue weighted by atomic mass is 9.93. The first-order valence-corrected chi connectivity index (χ1v) is 12.7. The van der Waals surface area contributed by atoms with Crippen molar-refractivity contribution in [3.8, 4) is 0 Å². The second-order valence-electron chi connectivity index (χ2n) is 6.99. The average molecular weight is 471 g/mol. The molecular formula is C24H22O6S2. The Labute approximate surface area is 188 Å². The molecule has 8 heteroatoms. The van der Waals surface area contributed by atoms with E-state index in [0.29, 0.717) is 5.56 Å². The molecule has 0 saturated heterocycles. The van der Waals surface area contributed by atoms with E-state index in [4.69, 9.17) is 4.74 Å². The summed E-state index contributed by atoms with van der Waals surface area (Å²) in [5.41, 5.74) is 0.0367. The van der Waals surface area contributed by atoms with Crippen molar-refractivity contribution in [2.24, 2.45) is 0 Å². The summed E-state index contributed by atoms with van der Waals surface area (Å²) in [6.07, 6.45) is 0. The Morgan fingerprint density at radius 1 is 0.719 bits per heavy atom. The summed E-state index contributed by atoms with van der Waals surface area (Å²) in [7, 11) is -7.87. The SMILES string of the molecule is C=C(C(=O)OC)[C@@H](c1ccccc1)C(S(=O)(=O)c1ccccc1)S(=O)(=O)c1ccccc1. The predicted molar refractivity (Wildman–Crippen MR) is 121 cm³/mol. The monoisotopic (exact) mass is 470 g/mol. The van der Waals surface area contributed by atoms with E-state index >= 15 is 0 Å². The molecular weight excluding hydrogens is 448 g/mol. The molecule has 0 N–H and O–H groups in total. The van der Waals surface area contributed by atoms with Crippen molar-refractivity contribution < 1.29 is 26.4 Å². The Hall–Kier alpha value is -3.23. The van der Waals surface area contributed by atoms with Crippen LogP contribution in [0.15, 0.2) is 113 Å². The van der Waals surface area contributed by atoms with Crippen molar-refractivity contribution >= 4 is 25.6 Å². The number of hydrogen-bond donors (Lipinski definition) is 0. The number of rotatable bonds is 8. The zero-order valence-corrected chi connectivity index (χ0v) is 18.9. The third kappa shape index (κ3) is 4.51.